The van der Waals surface area contributed by atoms with Crippen molar-refractivity contribution in [3.8, 4) is 0 Å². The number of aromatic nitrogens is 2. The van der Waals surface area contributed by atoms with Crippen molar-refractivity contribution in [3.05, 3.63) is 77.3 Å². The number of nitrogens with one attached hydrogen (secondary N) is 2. The van der Waals surface area contributed by atoms with E-state index < -0.39 is 11.8 Å². The van der Waals surface area contributed by atoms with Crippen LogP contribution in [0.2, 0.25) is 5.02 Å². The highest BCUT2D eigenvalue weighted by Crippen LogP contribution is 2.23. The maximum atomic E-state index is 12.8. The average molecular weight is 436 g/mol. The molecule has 1 aromatic heterocycles. The van der Waals surface area contributed by atoms with Crippen molar-refractivity contribution in [2.45, 2.75) is 12.8 Å². The van der Waals surface area contributed by atoms with Gasteiger partial charge in [-0.05, 0) is 55.0 Å². The van der Waals surface area contributed by atoms with Crippen LogP contribution in [0.5, 0.6) is 0 Å². The number of carbonyl (C=O) groups excluding carboxylic acids is 3. The SMILES string of the molecule is O=C(Nc1ccc(Cl)cc1)c1nccnc1C(=O)Nc1ccc(N2CCCC2=O)cc1. The average Bonchev–Trinajstić information content (AvgIpc) is 3.21. The van der Waals surface area contributed by atoms with E-state index in [4.69, 9.17) is 11.6 Å². The highest BCUT2D eigenvalue weighted by Gasteiger charge is 2.22. The molecule has 0 bridgehead atoms. The molecule has 0 unspecified atom stereocenters. The maximum absolute atomic E-state index is 12.8. The molecular weight excluding hydrogens is 418 g/mol. The molecule has 9 heteroatoms. The largest absolute Gasteiger partial charge is 0.321 e. The summed E-state index contributed by atoms with van der Waals surface area (Å²) in [5.41, 5.74) is 1.60. The number of rotatable bonds is 5. The zero-order chi connectivity index (χ0) is 21.8. The summed E-state index contributed by atoms with van der Waals surface area (Å²) < 4.78 is 0. The summed E-state index contributed by atoms with van der Waals surface area (Å²) in [6, 6.07) is 13.5. The highest BCUT2D eigenvalue weighted by molar-refractivity contribution is 6.30. The first kappa shape index (κ1) is 20.5. The van der Waals surface area contributed by atoms with Crippen LogP contribution in [-0.2, 0) is 4.79 Å². The quantitative estimate of drug-likeness (QED) is 0.635. The van der Waals surface area contributed by atoms with Crippen molar-refractivity contribution in [2.75, 3.05) is 22.1 Å². The van der Waals surface area contributed by atoms with Crippen LogP contribution in [0.4, 0.5) is 17.1 Å². The van der Waals surface area contributed by atoms with Crippen molar-refractivity contribution in [3.63, 3.8) is 0 Å². The molecule has 2 N–H and O–H groups in total. The van der Waals surface area contributed by atoms with Gasteiger partial charge in [0.2, 0.25) is 5.91 Å². The number of carbonyl (C=O) groups is 3. The van der Waals surface area contributed by atoms with Crippen molar-refractivity contribution < 1.29 is 14.4 Å². The molecule has 3 amide bonds. The van der Waals surface area contributed by atoms with Crippen LogP contribution in [0, 0.1) is 0 Å². The Morgan fingerprint density at radius 1 is 0.839 bits per heavy atom. The van der Waals surface area contributed by atoms with Crippen molar-refractivity contribution in [1.82, 2.24) is 9.97 Å². The molecule has 1 saturated heterocycles. The number of amides is 3. The molecule has 3 aromatic rings. The second kappa shape index (κ2) is 8.93. The number of benzene rings is 2. The molecular formula is C22H18ClN5O3. The molecule has 0 saturated carbocycles. The minimum atomic E-state index is -0.570. The molecule has 1 aliphatic heterocycles. The molecule has 0 spiro atoms. The van der Waals surface area contributed by atoms with Gasteiger partial charge in [0.1, 0.15) is 0 Å². The van der Waals surface area contributed by atoms with Crippen LogP contribution in [0.15, 0.2) is 60.9 Å². The molecule has 2 heterocycles. The van der Waals surface area contributed by atoms with E-state index in [9.17, 15) is 14.4 Å². The molecule has 1 fully saturated rings. The summed E-state index contributed by atoms with van der Waals surface area (Å²) in [4.78, 5) is 47.0. The van der Waals surface area contributed by atoms with Crippen LogP contribution in [0.1, 0.15) is 33.8 Å². The van der Waals surface area contributed by atoms with Crippen LogP contribution in [0.25, 0.3) is 0 Å². The molecule has 8 nitrogen and oxygen atoms in total. The molecule has 0 aliphatic carbocycles. The summed E-state index contributed by atoms with van der Waals surface area (Å²) >= 11 is 5.86. The normalized spacial score (nSPS) is 13.2. The monoisotopic (exact) mass is 435 g/mol. The zero-order valence-corrected chi connectivity index (χ0v) is 17.1. The third-order valence-corrected chi connectivity index (χ3v) is 4.99. The maximum Gasteiger partial charge on any atom is 0.276 e. The lowest BCUT2D eigenvalue weighted by Gasteiger charge is -2.16. The van der Waals surface area contributed by atoms with E-state index >= 15 is 0 Å². The van der Waals surface area contributed by atoms with Crippen molar-refractivity contribution >= 4 is 46.4 Å². The van der Waals surface area contributed by atoms with Gasteiger partial charge in [-0.1, -0.05) is 11.6 Å². The summed E-state index contributed by atoms with van der Waals surface area (Å²) in [7, 11) is 0. The number of hydrogen-bond acceptors (Lipinski definition) is 5. The predicted octanol–water partition coefficient (Wildman–Crippen LogP) is 3.76. The molecule has 2 aromatic carbocycles. The first-order chi connectivity index (χ1) is 15.0. The standard InChI is InChI=1S/C22H18ClN5O3/c23-14-3-5-15(6-4-14)26-21(30)19-20(25-12-11-24-19)22(31)27-16-7-9-17(10-8-16)28-13-1-2-18(28)29/h3-12H,1-2,13H2,(H,26,30)(H,27,31). The fourth-order valence-electron chi connectivity index (χ4n) is 3.23. The molecule has 156 valence electrons. The zero-order valence-electron chi connectivity index (χ0n) is 16.3. The summed E-state index contributed by atoms with van der Waals surface area (Å²) in [5.74, 6) is -1.05. The Morgan fingerprint density at radius 3 is 1.84 bits per heavy atom. The van der Waals surface area contributed by atoms with E-state index in [0.29, 0.717) is 29.4 Å². The second-order valence-electron chi connectivity index (χ2n) is 6.86. The Bertz CT molecular complexity index is 1130. The van der Waals surface area contributed by atoms with Gasteiger partial charge in [-0.15, -0.1) is 0 Å². The van der Waals surface area contributed by atoms with Crippen LogP contribution in [0.3, 0.4) is 0 Å². The van der Waals surface area contributed by atoms with Crippen LogP contribution >= 0.6 is 11.6 Å². The minimum absolute atomic E-state index is 0.0905. The van der Waals surface area contributed by atoms with Crippen molar-refractivity contribution in [1.29, 1.82) is 0 Å². The minimum Gasteiger partial charge on any atom is -0.321 e. The number of nitrogens with zero attached hydrogens (tertiary/aromatic N) is 3. The lowest BCUT2D eigenvalue weighted by atomic mass is 10.2. The summed E-state index contributed by atoms with van der Waals surface area (Å²) in [6.07, 6.45) is 4.07. The Morgan fingerprint density at radius 2 is 1.35 bits per heavy atom. The Kier molecular flexibility index (Phi) is 5.90. The fourth-order valence-corrected chi connectivity index (χ4v) is 3.36. The molecule has 4 rings (SSSR count). The number of halogens is 1. The number of hydrogen-bond donors (Lipinski definition) is 2. The third-order valence-electron chi connectivity index (χ3n) is 4.74. The Hall–Kier alpha value is -3.78. The van der Waals surface area contributed by atoms with Gasteiger partial charge in [0, 0.05) is 47.4 Å². The van der Waals surface area contributed by atoms with Gasteiger partial charge in [0.25, 0.3) is 11.8 Å². The van der Waals surface area contributed by atoms with Gasteiger partial charge in [-0.3, -0.25) is 14.4 Å². The lowest BCUT2D eigenvalue weighted by molar-refractivity contribution is -0.117. The second-order valence-corrected chi connectivity index (χ2v) is 7.30. The predicted molar refractivity (Wildman–Crippen MR) is 117 cm³/mol. The van der Waals surface area contributed by atoms with E-state index in [1.165, 1.54) is 12.4 Å². The first-order valence-corrected chi connectivity index (χ1v) is 9.99. The van der Waals surface area contributed by atoms with E-state index in [2.05, 4.69) is 20.6 Å². The third kappa shape index (κ3) is 4.70. The van der Waals surface area contributed by atoms with E-state index in [1.807, 2.05) is 0 Å². The lowest BCUT2D eigenvalue weighted by Crippen LogP contribution is -2.24. The van der Waals surface area contributed by atoms with Gasteiger partial charge in [-0.25, -0.2) is 9.97 Å². The van der Waals surface area contributed by atoms with Crippen LogP contribution in [-0.4, -0.2) is 34.2 Å². The smallest absolute Gasteiger partial charge is 0.276 e. The Labute approximate surface area is 183 Å². The molecule has 0 radical (unpaired) electrons. The Balaban J connectivity index is 1.48. The topological polar surface area (TPSA) is 104 Å². The summed E-state index contributed by atoms with van der Waals surface area (Å²) in [6.45, 7) is 0.691. The fraction of sp³-hybridized carbons (Fsp3) is 0.136. The molecule has 1 aliphatic rings. The van der Waals surface area contributed by atoms with Gasteiger partial charge in [0.15, 0.2) is 11.4 Å². The number of anilines is 3. The summed E-state index contributed by atoms with van der Waals surface area (Å²) in [5, 5.41) is 5.92. The first-order valence-electron chi connectivity index (χ1n) is 9.61. The van der Waals surface area contributed by atoms with E-state index in [0.717, 1.165) is 12.1 Å². The van der Waals surface area contributed by atoms with E-state index in [1.54, 1.807) is 53.4 Å². The van der Waals surface area contributed by atoms with Gasteiger partial charge in [-0.2, -0.15) is 0 Å². The van der Waals surface area contributed by atoms with Crippen molar-refractivity contribution in [2.24, 2.45) is 0 Å². The van der Waals surface area contributed by atoms with E-state index in [-0.39, 0.29) is 17.3 Å². The highest BCUT2D eigenvalue weighted by atomic mass is 35.5. The molecule has 0 atom stereocenters. The molecule has 31 heavy (non-hydrogen) atoms. The van der Waals surface area contributed by atoms with Gasteiger partial charge in [0.05, 0.1) is 0 Å². The van der Waals surface area contributed by atoms with Gasteiger partial charge < -0.3 is 15.5 Å². The van der Waals surface area contributed by atoms with Crippen LogP contribution < -0.4 is 15.5 Å². The van der Waals surface area contributed by atoms with Gasteiger partial charge >= 0.3 is 0 Å².